The summed E-state index contributed by atoms with van der Waals surface area (Å²) in [5.41, 5.74) is 5.51. The van der Waals surface area contributed by atoms with Crippen LogP contribution in [0.4, 0.5) is 10.5 Å². The molecule has 21 heavy (non-hydrogen) atoms. The van der Waals surface area contributed by atoms with Gasteiger partial charge in [0.1, 0.15) is 0 Å². The first kappa shape index (κ1) is 16.2. The average molecular weight is 293 g/mol. The molecule has 0 heterocycles. The molecule has 112 valence electrons. The minimum absolute atomic E-state index is 0.197. The number of carbonyl (C=O) groups is 4. The molecule has 8 heteroatoms. The first-order chi connectivity index (χ1) is 9.79. The molecule has 1 unspecified atom stereocenters. The van der Waals surface area contributed by atoms with Gasteiger partial charge in [-0.05, 0) is 31.2 Å². The van der Waals surface area contributed by atoms with Crippen molar-refractivity contribution in [1.29, 1.82) is 0 Å². The normalized spacial score (nSPS) is 11.1. The minimum atomic E-state index is -1.17. The molecule has 0 radical (unpaired) electrons. The number of primary amides is 1. The van der Waals surface area contributed by atoms with Crippen molar-refractivity contribution >= 4 is 29.5 Å². The highest BCUT2D eigenvalue weighted by Gasteiger charge is 2.19. The van der Waals surface area contributed by atoms with E-state index in [1.807, 2.05) is 0 Å². The number of urea groups is 1. The Morgan fingerprint density at radius 3 is 2.19 bits per heavy atom. The van der Waals surface area contributed by atoms with E-state index >= 15 is 0 Å². The summed E-state index contributed by atoms with van der Waals surface area (Å²) in [5.74, 6) is -1.79. The van der Waals surface area contributed by atoms with Crippen molar-refractivity contribution in [2.45, 2.75) is 20.0 Å². The number of imide groups is 1. The number of amides is 4. The number of ether oxygens (including phenoxy) is 1. The first-order valence-corrected chi connectivity index (χ1v) is 5.98. The number of hydrogen-bond acceptors (Lipinski definition) is 5. The van der Waals surface area contributed by atoms with Crippen LogP contribution in [0, 0.1) is 0 Å². The number of nitrogens with two attached hydrogens (primary N) is 1. The molecule has 4 N–H and O–H groups in total. The number of anilines is 1. The molecule has 0 saturated carbocycles. The van der Waals surface area contributed by atoms with Gasteiger partial charge in [0.2, 0.25) is 5.91 Å². The Morgan fingerprint density at radius 1 is 1.14 bits per heavy atom. The van der Waals surface area contributed by atoms with Crippen molar-refractivity contribution < 1.29 is 23.9 Å². The van der Waals surface area contributed by atoms with E-state index < -0.39 is 24.0 Å². The molecule has 4 amide bonds. The maximum atomic E-state index is 11.8. The van der Waals surface area contributed by atoms with E-state index in [1.54, 1.807) is 5.32 Å². The fourth-order valence-corrected chi connectivity index (χ4v) is 1.40. The second-order valence-electron chi connectivity index (χ2n) is 4.16. The van der Waals surface area contributed by atoms with Crippen LogP contribution >= 0.6 is 0 Å². The van der Waals surface area contributed by atoms with Crippen LogP contribution in [0.5, 0.6) is 0 Å². The SMILES string of the molecule is CC(=O)Nc1ccc(C(=O)OC(C)C(=O)NC(N)=O)cc1. The lowest BCUT2D eigenvalue weighted by atomic mass is 10.2. The lowest BCUT2D eigenvalue weighted by Gasteiger charge is -2.12. The molecular weight excluding hydrogens is 278 g/mol. The molecule has 0 spiro atoms. The predicted octanol–water partition coefficient (Wildman–Crippen LogP) is 0.385. The van der Waals surface area contributed by atoms with Crippen molar-refractivity contribution in [3.8, 4) is 0 Å². The van der Waals surface area contributed by atoms with Gasteiger partial charge in [0.15, 0.2) is 6.10 Å². The highest BCUT2D eigenvalue weighted by molar-refractivity contribution is 5.98. The molecule has 0 bridgehead atoms. The first-order valence-electron chi connectivity index (χ1n) is 5.98. The zero-order valence-corrected chi connectivity index (χ0v) is 11.5. The zero-order valence-electron chi connectivity index (χ0n) is 11.5. The van der Waals surface area contributed by atoms with Crippen LogP contribution in [0.3, 0.4) is 0 Å². The number of rotatable bonds is 4. The molecule has 1 rings (SSSR count). The van der Waals surface area contributed by atoms with Gasteiger partial charge in [-0.2, -0.15) is 0 Å². The molecule has 0 aromatic heterocycles. The summed E-state index contributed by atoms with van der Waals surface area (Å²) < 4.78 is 4.87. The average Bonchev–Trinajstić information content (AvgIpc) is 2.37. The van der Waals surface area contributed by atoms with Gasteiger partial charge in [0, 0.05) is 12.6 Å². The summed E-state index contributed by atoms with van der Waals surface area (Å²) in [6, 6.07) is 4.89. The quantitative estimate of drug-likeness (QED) is 0.692. The van der Waals surface area contributed by atoms with E-state index in [4.69, 9.17) is 10.5 Å². The molecule has 0 saturated heterocycles. The largest absolute Gasteiger partial charge is 0.449 e. The van der Waals surface area contributed by atoms with Crippen molar-refractivity contribution in [3.05, 3.63) is 29.8 Å². The van der Waals surface area contributed by atoms with Gasteiger partial charge in [-0.15, -0.1) is 0 Å². The van der Waals surface area contributed by atoms with Gasteiger partial charge >= 0.3 is 12.0 Å². The Kier molecular flexibility index (Phi) is 5.41. The molecule has 1 atom stereocenters. The van der Waals surface area contributed by atoms with Crippen molar-refractivity contribution in [2.75, 3.05) is 5.32 Å². The van der Waals surface area contributed by atoms with E-state index in [0.29, 0.717) is 5.69 Å². The van der Waals surface area contributed by atoms with Crippen LogP contribution in [0.25, 0.3) is 0 Å². The zero-order chi connectivity index (χ0) is 16.0. The molecule has 8 nitrogen and oxygen atoms in total. The predicted molar refractivity (Wildman–Crippen MR) is 73.3 cm³/mol. The summed E-state index contributed by atoms with van der Waals surface area (Å²) >= 11 is 0. The third-order valence-corrected chi connectivity index (χ3v) is 2.34. The Morgan fingerprint density at radius 2 is 1.71 bits per heavy atom. The maximum absolute atomic E-state index is 11.8. The lowest BCUT2D eigenvalue weighted by molar-refractivity contribution is -0.127. The molecule has 1 aromatic rings. The summed E-state index contributed by atoms with van der Waals surface area (Å²) in [7, 11) is 0. The second kappa shape index (κ2) is 7.04. The topological polar surface area (TPSA) is 128 Å². The number of benzene rings is 1. The summed E-state index contributed by atoms with van der Waals surface area (Å²) in [6.07, 6.45) is -1.17. The standard InChI is InChI=1S/C13H15N3O5/c1-7(11(18)16-13(14)20)21-12(19)9-3-5-10(6-4-9)15-8(2)17/h3-7H,1-2H3,(H,15,17)(H3,14,16,18,20). The van der Waals surface area contributed by atoms with Gasteiger partial charge in [0.25, 0.3) is 5.91 Å². The van der Waals surface area contributed by atoms with E-state index in [0.717, 1.165) is 0 Å². The summed E-state index contributed by atoms with van der Waals surface area (Å²) in [5, 5.41) is 4.35. The van der Waals surface area contributed by atoms with Gasteiger partial charge in [-0.1, -0.05) is 0 Å². The second-order valence-corrected chi connectivity index (χ2v) is 4.16. The van der Waals surface area contributed by atoms with Crippen LogP contribution in [-0.2, 0) is 14.3 Å². The number of esters is 1. The fourth-order valence-electron chi connectivity index (χ4n) is 1.40. The van der Waals surface area contributed by atoms with Gasteiger partial charge in [-0.3, -0.25) is 14.9 Å². The van der Waals surface area contributed by atoms with E-state index in [2.05, 4.69) is 5.32 Å². The van der Waals surface area contributed by atoms with Crippen molar-refractivity contribution in [2.24, 2.45) is 5.73 Å². The van der Waals surface area contributed by atoms with E-state index in [1.165, 1.54) is 38.1 Å². The number of carbonyl (C=O) groups excluding carboxylic acids is 4. The molecular formula is C13H15N3O5. The molecule has 0 fully saturated rings. The van der Waals surface area contributed by atoms with Gasteiger partial charge in [0.05, 0.1) is 5.56 Å². The van der Waals surface area contributed by atoms with E-state index in [-0.39, 0.29) is 11.5 Å². The smallest absolute Gasteiger partial charge is 0.338 e. The van der Waals surface area contributed by atoms with Crippen LogP contribution in [-0.4, -0.2) is 29.9 Å². The summed E-state index contributed by atoms with van der Waals surface area (Å²) in [6.45, 7) is 2.67. The van der Waals surface area contributed by atoms with Crippen molar-refractivity contribution in [1.82, 2.24) is 5.32 Å². The molecule has 0 aliphatic carbocycles. The number of nitrogens with one attached hydrogen (secondary N) is 2. The van der Waals surface area contributed by atoms with Gasteiger partial charge < -0.3 is 15.8 Å². The Hall–Kier alpha value is -2.90. The third kappa shape index (κ3) is 5.31. The lowest BCUT2D eigenvalue weighted by Crippen LogP contribution is -2.42. The minimum Gasteiger partial charge on any atom is -0.449 e. The van der Waals surface area contributed by atoms with Crippen LogP contribution in [0.1, 0.15) is 24.2 Å². The van der Waals surface area contributed by atoms with Gasteiger partial charge in [-0.25, -0.2) is 9.59 Å². The number of hydrogen-bond donors (Lipinski definition) is 3. The Labute approximate surface area is 120 Å². The fraction of sp³-hybridized carbons (Fsp3) is 0.231. The highest BCUT2D eigenvalue weighted by Crippen LogP contribution is 2.11. The monoisotopic (exact) mass is 293 g/mol. The van der Waals surface area contributed by atoms with Crippen LogP contribution < -0.4 is 16.4 Å². The maximum Gasteiger partial charge on any atom is 0.338 e. The van der Waals surface area contributed by atoms with Crippen LogP contribution in [0.15, 0.2) is 24.3 Å². The third-order valence-electron chi connectivity index (χ3n) is 2.34. The Balaban J connectivity index is 2.65. The summed E-state index contributed by atoms with van der Waals surface area (Å²) in [4.78, 5) is 44.5. The molecule has 0 aliphatic heterocycles. The van der Waals surface area contributed by atoms with E-state index in [9.17, 15) is 19.2 Å². The molecule has 0 aliphatic rings. The van der Waals surface area contributed by atoms with Crippen molar-refractivity contribution in [3.63, 3.8) is 0 Å². The molecule has 1 aromatic carbocycles. The van der Waals surface area contributed by atoms with Crippen LogP contribution in [0.2, 0.25) is 0 Å². The highest BCUT2D eigenvalue weighted by atomic mass is 16.5. The Bertz CT molecular complexity index is 568.